The molecule has 1 atom stereocenters. The van der Waals surface area contributed by atoms with Crippen molar-refractivity contribution < 1.29 is 9.53 Å². The SMILES string of the molecule is CC(C)(C)SC(=O)OC1/C=C/CCCCC1. The quantitative estimate of drug-likeness (QED) is 0.498. The molecular formula is C13H22O2S. The van der Waals surface area contributed by atoms with E-state index in [2.05, 4.69) is 6.08 Å². The minimum atomic E-state index is -0.150. The largest absolute Gasteiger partial charge is 0.450 e. The summed E-state index contributed by atoms with van der Waals surface area (Å²) in [4.78, 5) is 11.6. The topological polar surface area (TPSA) is 26.3 Å². The van der Waals surface area contributed by atoms with Crippen molar-refractivity contribution in [1.29, 1.82) is 0 Å². The van der Waals surface area contributed by atoms with Gasteiger partial charge in [-0.25, -0.2) is 4.79 Å². The molecule has 3 heteroatoms. The van der Waals surface area contributed by atoms with Crippen LogP contribution in [0.25, 0.3) is 0 Å². The Kier molecular flexibility index (Phi) is 5.39. The molecule has 0 N–H and O–H groups in total. The van der Waals surface area contributed by atoms with E-state index in [1.54, 1.807) is 0 Å². The smallest absolute Gasteiger partial charge is 0.368 e. The van der Waals surface area contributed by atoms with Crippen LogP contribution in [0.1, 0.15) is 52.9 Å². The number of hydrogen-bond donors (Lipinski definition) is 0. The molecule has 1 aliphatic rings. The Morgan fingerprint density at radius 2 is 2.06 bits per heavy atom. The third-order valence-electron chi connectivity index (χ3n) is 2.35. The molecule has 0 aliphatic heterocycles. The number of carbonyl (C=O) groups is 1. The van der Waals surface area contributed by atoms with E-state index in [-0.39, 0.29) is 16.2 Å². The Morgan fingerprint density at radius 1 is 1.31 bits per heavy atom. The second-order valence-electron chi connectivity index (χ2n) is 5.19. The summed E-state index contributed by atoms with van der Waals surface area (Å²) in [6, 6.07) is 0. The maximum atomic E-state index is 11.6. The van der Waals surface area contributed by atoms with E-state index < -0.39 is 0 Å². The maximum absolute atomic E-state index is 11.6. The van der Waals surface area contributed by atoms with Crippen molar-refractivity contribution in [1.82, 2.24) is 0 Å². The summed E-state index contributed by atoms with van der Waals surface area (Å²) >= 11 is 1.27. The summed E-state index contributed by atoms with van der Waals surface area (Å²) in [5.41, 5.74) is 0. The first-order valence-corrected chi connectivity index (χ1v) is 6.85. The predicted octanol–water partition coefficient (Wildman–Crippen LogP) is 4.54. The van der Waals surface area contributed by atoms with Crippen molar-refractivity contribution in [3.05, 3.63) is 12.2 Å². The van der Waals surface area contributed by atoms with Crippen molar-refractivity contribution >= 4 is 17.1 Å². The fourth-order valence-electron chi connectivity index (χ4n) is 1.62. The summed E-state index contributed by atoms with van der Waals surface area (Å²) in [6.45, 7) is 6.06. The summed E-state index contributed by atoms with van der Waals surface area (Å²) in [7, 11) is 0. The highest BCUT2D eigenvalue weighted by molar-refractivity contribution is 8.14. The average molecular weight is 242 g/mol. The molecule has 0 bridgehead atoms. The van der Waals surface area contributed by atoms with Crippen molar-refractivity contribution in [2.45, 2.75) is 63.7 Å². The lowest BCUT2D eigenvalue weighted by atomic mass is 10.0. The predicted molar refractivity (Wildman–Crippen MR) is 69.8 cm³/mol. The van der Waals surface area contributed by atoms with Crippen molar-refractivity contribution in [3.8, 4) is 0 Å². The lowest BCUT2D eigenvalue weighted by Crippen LogP contribution is -2.18. The van der Waals surface area contributed by atoms with Crippen molar-refractivity contribution in [3.63, 3.8) is 0 Å². The molecule has 92 valence electrons. The fraction of sp³-hybridized carbons (Fsp3) is 0.769. The third kappa shape index (κ3) is 6.21. The van der Waals surface area contributed by atoms with Crippen LogP contribution in [-0.2, 0) is 4.74 Å². The Hall–Kier alpha value is -0.440. The first kappa shape index (κ1) is 13.6. The van der Waals surface area contributed by atoms with Gasteiger partial charge in [0.15, 0.2) is 0 Å². The molecule has 1 rings (SSSR count). The average Bonchev–Trinajstić information content (AvgIpc) is 2.06. The van der Waals surface area contributed by atoms with Crippen LogP contribution in [0.2, 0.25) is 0 Å². The summed E-state index contributed by atoms with van der Waals surface area (Å²) in [5.74, 6) is 0. The molecule has 0 aromatic heterocycles. The zero-order valence-electron chi connectivity index (χ0n) is 10.5. The number of hydrogen-bond acceptors (Lipinski definition) is 3. The second-order valence-corrected chi connectivity index (χ2v) is 6.95. The Morgan fingerprint density at radius 3 is 2.75 bits per heavy atom. The molecule has 0 saturated carbocycles. The van der Waals surface area contributed by atoms with Gasteiger partial charge in [0, 0.05) is 4.75 Å². The van der Waals surface area contributed by atoms with Crippen LogP contribution in [0.15, 0.2) is 12.2 Å². The van der Waals surface area contributed by atoms with Crippen LogP contribution in [0, 0.1) is 0 Å². The second kappa shape index (κ2) is 6.33. The molecular weight excluding hydrogens is 220 g/mol. The molecule has 1 unspecified atom stereocenters. The highest BCUT2D eigenvalue weighted by Gasteiger charge is 2.20. The standard InChI is InChI=1S/C13H22O2S/c1-13(2,3)16-12(14)15-11-9-7-5-4-6-8-10-11/h7,9,11H,4-6,8,10H2,1-3H3/b9-7+. The number of thioether (sulfide) groups is 1. The number of rotatable bonds is 1. The monoisotopic (exact) mass is 242 g/mol. The van der Waals surface area contributed by atoms with Gasteiger partial charge in [-0.15, -0.1) is 0 Å². The molecule has 2 nitrogen and oxygen atoms in total. The fourth-order valence-corrected chi connectivity index (χ4v) is 2.30. The van der Waals surface area contributed by atoms with E-state index in [9.17, 15) is 4.79 Å². The molecule has 0 aromatic carbocycles. The molecule has 0 radical (unpaired) electrons. The number of ether oxygens (including phenoxy) is 1. The third-order valence-corrected chi connectivity index (χ3v) is 3.22. The van der Waals surface area contributed by atoms with Gasteiger partial charge in [0.1, 0.15) is 6.10 Å². The highest BCUT2D eigenvalue weighted by atomic mass is 32.2. The summed E-state index contributed by atoms with van der Waals surface area (Å²) < 4.78 is 5.37. The van der Waals surface area contributed by atoms with Gasteiger partial charge in [-0.05, 0) is 43.5 Å². The Bertz CT molecular complexity index is 253. The molecule has 0 heterocycles. The van der Waals surface area contributed by atoms with Crippen LogP contribution in [0.4, 0.5) is 4.79 Å². The van der Waals surface area contributed by atoms with E-state index in [0.717, 1.165) is 19.3 Å². The molecule has 0 saturated heterocycles. The molecule has 0 fully saturated rings. The Labute approximate surface area is 103 Å². The molecule has 1 aliphatic carbocycles. The number of carbonyl (C=O) groups excluding carboxylic acids is 1. The van der Waals surface area contributed by atoms with Gasteiger partial charge >= 0.3 is 5.30 Å². The summed E-state index contributed by atoms with van der Waals surface area (Å²) in [6.07, 6.45) is 9.90. The van der Waals surface area contributed by atoms with Gasteiger partial charge in [0.25, 0.3) is 0 Å². The van der Waals surface area contributed by atoms with Crippen LogP contribution in [0.3, 0.4) is 0 Å². The minimum absolute atomic E-state index is 0.0114. The van der Waals surface area contributed by atoms with Gasteiger partial charge in [-0.2, -0.15) is 0 Å². The van der Waals surface area contributed by atoms with E-state index in [4.69, 9.17) is 4.74 Å². The van der Waals surface area contributed by atoms with E-state index in [0.29, 0.717) is 0 Å². The zero-order chi connectivity index (χ0) is 12.0. The molecule has 0 spiro atoms. The normalized spacial score (nSPS) is 24.3. The Balaban J connectivity index is 2.39. The van der Waals surface area contributed by atoms with Gasteiger partial charge in [0.05, 0.1) is 0 Å². The van der Waals surface area contributed by atoms with Gasteiger partial charge in [0.2, 0.25) is 0 Å². The maximum Gasteiger partial charge on any atom is 0.368 e. The van der Waals surface area contributed by atoms with Gasteiger partial charge in [-0.1, -0.05) is 33.3 Å². The van der Waals surface area contributed by atoms with E-state index >= 15 is 0 Å². The summed E-state index contributed by atoms with van der Waals surface area (Å²) in [5, 5.41) is -0.150. The van der Waals surface area contributed by atoms with Crippen LogP contribution < -0.4 is 0 Å². The molecule has 0 aromatic rings. The molecule has 16 heavy (non-hydrogen) atoms. The van der Waals surface area contributed by atoms with Crippen LogP contribution in [0.5, 0.6) is 0 Å². The first-order valence-electron chi connectivity index (χ1n) is 6.04. The lowest BCUT2D eigenvalue weighted by molar-refractivity contribution is 0.139. The van der Waals surface area contributed by atoms with Crippen LogP contribution >= 0.6 is 11.8 Å². The van der Waals surface area contributed by atoms with E-state index in [1.807, 2.05) is 26.8 Å². The van der Waals surface area contributed by atoms with E-state index in [1.165, 1.54) is 24.6 Å². The number of allylic oxidation sites excluding steroid dienone is 1. The first-order chi connectivity index (χ1) is 7.47. The van der Waals surface area contributed by atoms with Gasteiger partial charge < -0.3 is 4.74 Å². The zero-order valence-corrected chi connectivity index (χ0v) is 11.3. The van der Waals surface area contributed by atoms with Crippen LogP contribution in [-0.4, -0.2) is 16.2 Å². The van der Waals surface area contributed by atoms with Gasteiger partial charge in [-0.3, -0.25) is 0 Å². The minimum Gasteiger partial charge on any atom is -0.450 e. The molecule has 0 amide bonds. The highest BCUT2D eigenvalue weighted by Crippen LogP contribution is 2.26. The van der Waals surface area contributed by atoms with Crippen molar-refractivity contribution in [2.24, 2.45) is 0 Å². The van der Waals surface area contributed by atoms with Crippen molar-refractivity contribution in [2.75, 3.05) is 0 Å². The lowest BCUT2D eigenvalue weighted by Gasteiger charge is -2.20.